The molecule has 1 amide bonds. The molecule has 0 aliphatic heterocycles. The highest BCUT2D eigenvalue weighted by Gasteiger charge is 2.15. The molecule has 0 radical (unpaired) electrons. The Kier molecular flexibility index (Phi) is 6.15. The molecule has 0 bridgehead atoms. The number of nitrogens with one attached hydrogen (secondary N) is 1. The molecule has 0 spiro atoms. The number of carbonyl (C=O) groups excluding carboxylic acids is 2. The van der Waals surface area contributed by atoms with Gasteiger partial charge in [-0.15, -0.1) is 0 Å². The van der Waals surface area contributed by atoms with Crippen LogP contribution in [0.15, 0.2) is 66.9 Å². The van der Waals surface area contributed by atoms with Crippen LogP contribution < -0.4 is 5.32 Å². The van der Waals surface area contributed by atoms with Gasteiger partial charge in [0.25, 0.3) is 5.91 Å². The second-order valence-corrected chi connectivity index (χ2v) is 6.45. The van der Waals surface area contributed by atoms with Crippen LogP contribution in [0, 0.1) is 0 Å². The van der Waals surface area contributed by atoms with Gasteiger partial charge in [0.05, 0.1) is 0 Å². The zero-order valence-electron chi connectivity index (χ0n) is 15.2. The Morgan fingerprint density at radius 3 is 2.59 bits per heavy atom. The van der Waals surface area contributed by atoms with E-state index in [1.54, 1.807) is 6.20 Å². The van der Waals surface area contributed by atoms with Crippen molar-refractivity contribution < 1.29 is 14.3 Å². The van der Waals surface area contributed by atoms with Crippen molar-refractivity contribution in [2.24, 2.45) is 0 Å². The highest BCUT2D eigenvalue weighted by molar-refractivity contribution is 6.03. The second kappa shape index (κ2) is 8.94. The van der Waals surface area contributed by atoms with E-state index >= 15 is 0 Å². The second-order valence-electron chi connectivity index (χ2n) is 6.45. The summed E-state index contributed by atoms with van der Waals surface area (Å²) in [5.74, 6) is -0.914. The molecule has 3 aromatic rings. The van der Waals surface area contributed by atoms with Crippen LogP contribution >= 0.6 is 0 Å². The van der Waals surface area contributed by atoms with Crippen LogP contribution in [0.4, 0.5) is 0 Å². The maximum Gasteiger partial charge on any atom is 0.358 e. The molecule has 1 aromatic heterocycles. The lowest BCUT2D eigenvalue weighted by atomic mass is 10.1. The molecule has 138 valence electrons. The quantitative estimate of drug-likeness (QED) is 0.653. The first-order valence-electron chi connectivity index (χ1n) is 8.97. The zero-order chi connectivity index (χ0) is 19.1. The molecule has 0 saturated heterocycles. The van der Waals surface area contributed by atoms with Crippen LogP contribution in [0.5, 0.6) is 0 Å². The van der Waals surface area contributed by atoms with Crippen molar-refractivity contribution in [1.29, 1.82) is 0 Å². The van der Waals surface area contributed by atoms with E-state index < -0.39 is 5.97 Å². The molecule has 5 heteroatoms. The number of fused-ring (bicyclic) bond motifs is 1. The van der Waals surface area contributed by atoms with Crippen molar-refractivity contribution in [3.8, 4) is 0 Å². The van der Waals surface area contributed by atoms with Crippen LogP contribution in [0.3, 0.4) is 0 Å². The molecule has 0 aliphatic rings. The normalized spacial score (nSPS) is 11.7. The number of benzene rings is 2. The summed E-state index contributed by atoms with van der Waals surface area (Å²) in [6.07, 6.45) is 3.25. The summed E-state index contributed by atoms with van der Waals surface area (Å²) in [6.45, 7) is 1.62. The van der Waals surface area contributed by atoms with Gasteiger partial charge in [-0.25, -0.2) is 9.78 Å². The third-order valence-electron chi connectivity index (χ3n) is 4.32. The summed E-state index contributed by atoms with van der Waals surface area (Å²) in [7, 11) is 0. The topological polar surface area (TPSA) is 68.3 Å². The van der Waals surface area contributed by atoms with Crippen LogP contribution in [0.2, 0.25) is 0 Å². The maximum absolute atomic E-state index is 12.3. The maximum atomic E-state index is 12.3. The number of ether oxygens (including phenoxy) is 1. The molecule has 1 atom stereocenters. The predicted octanol–water partition coefficient (Wildman–Crippen LogP) is 3.53. The molecule has 0 unspecified atom stereocenters. The lowest BCUT2D eigenvalue weighted by molar-refractivity contribution is -0.124. The highest BCUT2D eigenvalue weighted by Crippen LogP contribution is 2.16. The van der Waals surface area contributed by atoms with Crippen molar-refractivity contribution in [1.82, 2.24) is 10.3 Å². The first kappa shape index (κ1) is 18.6. The van der Waals surface area contributed by atoms with Gasteiger partial charge in [0.1, 0.15) is 0 Å². The first-order valence-corrected chi connectivity index (χ1v) is 8.97. The number of amides is 1. The van der Waals surface area contributed by atoms with Crippen LogP contribution in [-0.4, -0.2) is 29.5 Å². The Morgan fingerprint density at radius 1 is 1.04 bits per heavy atom. The standard InChI is InChI=1S/C22H22N2O3/c1-16(11-12-17-7-3-2-4-8-17)24-20(25)15-27-22(26)21-19-10-6-5-9-18(19)13-14-23-21/h2-10,13-14,16H,11-12,15H2,1H3,(H,24,25)/t16-/m1/s1. The number of rotatable bonds is 7. The summed E-state index contributed by atoms with van der Waals surface area (Å²) in [5, 5.41) is 4.47. The van der Waals surface area contributed by atoms with E-state index in [1.807, 2.05) is 55.5 Å². The number of pyridine rings is 1. The van der Waals surface area contributed by atoms with E-state index in [0.717, 1.165) is 18.2 Å². The summed E-state index contributed by atoms with van der Waals surface area (Å²) in [5.41, 5.74) is 1.45. The fraction of sp³-hybridized carbons (Fsp3) is 0.227. The molecule has 2 aromatic carbocycles. The van der Waals surface area contributed by atoms with Crippen molar-refractivity contribution >= 4 is 22.6 Å². The Hall–Kier alpha value is -3.21. The number of aryl methyl sites for hydroxylation is 1. The predicted molar refractivity (Wildman–Crippen MR) is 104 cm³/mol. The van der Waals surface area contributed by atoms with Crippen LogP contribution in [0.25, 0.3) is 10.8 Å². The number of carbonyl (C=O) groups is 2. The van der Waals surface area contributed by atoms with Gasteiger partial charge in [0, 0.05) is 17.6 Å². The molecular weight excluding hydrogens is 340 g/mol. The molecule has 1 heterocycles. The molecule has 27 heavy (non-hydrogen) atoms. The summed E-state index contributed by atoms with van der Waals surface area (Å²) >= 11 is 0. The Morgan fingerprint density at radius 2 is 1.78 bits per heavy atom. The fourth-order valence-electron chi connectivity index (χ4n) is 2.90. The third kappa shape index (κ3) is 5.14. The van der Waals surface area contributed by atoms with Crippen molar-refractivity contribution in [2.45, 2.75) is 25.8 Å². The van der Waals surface area contributed by atoms with Gasteiger partial charge in [0.15, 0.2) is 12.3 Å². The van der Waals surface area contributed by atoms with E-state index in [9.17, 15) is 9.59 Å². The SMILES string of the molecule is C[C@H](CCc1ccccc1)NC(=O)COC(=O)c1nccc2ccccc12. The molecule has 3 rings (SSSR count). The smallest absolute Gasteiger partial charge is 0.358 e. The molecular formula is C22H22N2O3. The molecule has 1 N–H and O–H groups in total. The Balaban J connectivity index is 1.49. The third-order valence-corrected chi connectivity index (χ3v) is 4.32. The Bertz CT molecular complexity index is 920. The van der Waals surface area contributed by atoms with Gasteiger partial charge in [-0.2, -0.15) is 0 Å². The molecule has 5 nitrogen and oxygen atoms in total. The van der Waals surface area contributed by atoms with E-state index in [4.69, 9.17) is 4.74 Å². The Labute approximate surface area is 158 Å². The zero-order valence-corrected chi connectivity index (χ0v) is 15.2. The largest absolute Gasteiger partial charge is 0.451 e. The lowest BCUT2D eigenvalue weighted by Crippen LogP contribution is -2.36. The van der Waals surface area contributed by atoms with Gasteiger partial charge >= 0.3 is 5.97 Å². The number of hydrogen-bond donors (Lipinski definition) is 1. The van der Waals surface area contributed by atoms with E-state index in [-0.39, 0.29) is 24.2 Å². The van der Waals surface area contributed by atoms with Crippen molar-refractivity contribution in [3.63, 3.8) is 0 Å². The number of aromatic nitrogens is 1. The number of esters is 1. The average molecular weight is 362 g/mol. The molecule has 0 fully saturated rings. The van der Waals surface area contributed by atoms with E-state index in [0.29, 0.717) is 5.39 Å². The van der Waals surface area contributed by atoms with Crippen molar-refractivity contribution in [2.75, 3.05) is 6.61 Å². The summed E-state index contributed by atoms with van der Waals surface area (Å²) in [6, 6.07) is 19.4. The van der Waals surface area contributed by atoms with Crippen LogP contribution in [0.1, 0.15) is 29.4 Å². The van der Waals surface area contributed by atoms with Gasteiger partial charge in [-0.3, -0.25) is 4.79 Å². The number of hydrogen-bond acceptors (Lipinski definition) is 4. The van der Waals surface area contributed by atoms with E-state index in [2.05, 4.69) is 22.4 Å². The van der Waals surface area contributed by atoms with Gasteiger partial charge in [-0.1, -0.05) is 54.6 Å². The van der Waals surface area contributed by atoms with E-state index in [1.165, 1.54) is 5.56 Å². The monoisotopic (exact) mass is 362 g/mol. The number of nitrogens with zero attached hydrogens (tertiary/aromatic N) is 1. The van der Waals surface area contributed by atoms with Crippen molar-refractivity contribution in [3.05, 3.63) is 78.1 Å². The summed E-state index contributed by atoms with van der Waals surface area (Å²) in [4.78, 5) is 28.5. The van der Waals surface area contributed by atoms with Crippen LogP contribution in [-0.2, 0) is 16.0 Å². The highest BCUT2D eigenvalue weighted by atomic mass is 16.5. The van der Waals surface area contributed by atoms with Gasteiger partial charge < -0.3 is 10.1 Å². The van der Waals surface area contributed by atoms with Gasteiger partial charge in [0.2, 0.25) is 0 Å². The molecule has 0 aliphatic carbocycles. The first-order chi connectivity index (χ1) is 13.1. The minimum absolute atomic E-state index is 0.00733. The molecule has 0 saturated carbocycles. The minimum Gasteiger partial charge on any atom is -0.451 e. The van der Waals surface area contributed by atoms with Gasteiger partial charge in [-0.05, 0) is 36.8 Å². The average Bonchev–Trinajstić information content (AvgIpc) is 2.71. The fourth-order valence-corrected chi connectivity index (χ4v) is 2.90. The summed E-state index contributed by atoms with van der Waals surface area (Å²) < 4.78 is 5.15. The lowest BCUT2D eigenvalue weighted by Gasteiger charge is -2.14. The minimum atomic E-state index is -0.598.